The third-order valence-electron chi connectivity index (χ3n) is 13.5. The first-order valence-electron chi connectivity index (χ1n) is 32.1. The molecule has 0 aliphatic carbocycles. The van der Waals surface area contributed by atoms with Gasteiger partial charge in [-0.05, 0) is 89.9 Å². The summed E-state index contributed by atoms with van der Waals surface area (Å²) in [6.07, 6.45) is 73.8. The van der Waals surface area contributed by atoms with E-state index < -0.39 is 57.8 Å². The van der Waals surface area contributed by atoms with Crippen LogP contribution in [0.1, 0.15) is 278 Å². The molecule has 12 heteroatoms. The number of hydrogen-bond donors (Lipinski definition) is 2. The van der Waals surface area contributed by atoms with E-state index in [9.17, 15) is 28.9 Å². The number of carbonyl (C=O) groups is 3. The molecular weight excluding hydrogens is 1020 g/mol. The van der Waals surface area contributed by atoms with Crippen molar-refractivity contribution in [1.82, 2.24) is 0 Å². The number of hydrogen-bond acceptors (Lipinski definition) is 10. The van der Waals surface area contributed by atoms with Crippen LogP contribution in [0.5, 0.6) is 0 Å². The molecule has 0 saturated carbocycles. The van der Waals surface area contributed by atoms with Crippen molar-refractivity contribution in [3.05, 3.63) is 97.2 Å². The van der Waals surface area contributed by atoms with Crippen LogP contribution in [0.25, 0.3) is 0 Å². The van der Waals surface area contributed by atoms with Crippen molar-refractivity contribution in [1.29, 1.82) is 0 Å². The third-order valence-corrected chi connectivity index (χ3v) is 14.5. The van der Waals surface area contributed by atoms with Crippen LogP contribution in [-0.4, -0.2) is 66.5 Å². The van der Waals surface area contributed by atoms with Crippen LogP contribution in [0.2, 0.25) is 0 Å². The molecule has 0 amide bonds. The second kappa shape index (κ2) is 61.5. The van der Waals surface area contributed by atoms with Gasteiger partial charge in [0.05, 0.1) is 19.8 Å². The number of unbranched alkanes of at least 4 members (excludes halogenated alkanes) is 26. The lowest BCUT2D eigenvalue weighted by Crippen LogP contribution is -2.30. The van der Waals surface area contributed by atoms with Crippen molar-refractivity contribution in [3.8, 4) is 0 Å². The maximum atomic E-state index is 12.9. The molecule has 80 heavy (non-hydrogen) atoms. The maximum Gasteiger partial charge on any atom is 0.472 e. The Balaban J connectivity index is 4.77. The molecule has 0 aromatic heterocycles. The van der Waals surface area contributed by atoms with Crippen LogP contribution in [0.15, 0.2) is 97.2 Å². The van der Waals surface area contributed by atoms with E-state index >= 15 is 0 Å². The molecule has 0 spiro atoms. The zero-order chi connectivity index (χ0) is 58.3. The zero-order valence-electron chi connectivity index (χ0n) is 51.0. The summed E-state index contributed by atoms with van der Waals surface area (Å²) < 4.78 is 39.6. The van der Waals surface area contributed by atoms with E-state index in [4.69, 9.17) is 23.3 Å². The van der Waals surface area contributed by atoms with E-state index in [1.165, 1.54) is 116 Å². The highest BCUT2D eigenvalue weighted by atomic mass is 31.2. The molecule has 3 unspecified atom stereocenters. The van der Waals surface area contributed by atoms with Gasteiger partial charge in [-0.15, -0.1) is 0 Å². The molecule has 0 saturated heterocycles. The highest BCUT2D eigenvalue weighted by molar-refractivity contribution is 7.47. The monoisotopic (exact) mass is 1140 g/mol. The molecule has 0 aliphatic heterocycles. The zero-order valence-corrected chi connectivity index (χ0v) is 51.9. The van der Waals surface area contributed by atoms with Gasteiger partial charge in [0, 0.05) is 19.3 Å². The summed E-state index contributed by atoms with van der Waals surface area (Å²) in [5, 5.41) is 9.86. The number of carbonyl (C=O) groups excluding carboxylic acids is 3. The normalized spacial score (nSPS) is 13.9. The Morgan fingerprint density at radius 1 is 0.362 bits per heavy atom. The van der Waals surface area contributed by atoms with Gasteiger partial charge < -0.3 is 24.2 Å². The van der Waals surface area contributed by atoms with Crippen molar-refractivity contribution < 1.29 is 52.2 Å². The van der Waals surface area contributed by atoms with Crippen molar-refractivity contribution in [2.45, 2.75) is 290 Å². The topological polar surface area (TPSA) is 155 Å². The Hall–Kier alpha value is -3.60. The number of phosphoric acid groups is 1. The van der Waals surface area contributed by atoms with Crippen LogP contribution in [-0.2, 0) is 42.2 Å². The second-order valence-electron chi connectivity index (χ2n) is 21.2. The Bertz CT molecular complexity index is 1710. The Morgan fingerprint density at radius 2 is 0.675 bits per heavy atom. The van der Waals surface area contributed by atoms with Crippen LogP contribution in [0.4, 0.5) is 0 Å². The molecule has 0 fully saturated rings. The fourth-order valence-corrected chi connectivity index (χ4v) is 9.43. The average molecular weight is 1140 g/mol. The predicted molar refractivity (Wildman–Crippen MR) is 334 cm³/mol. The lowest BCUT2D eigenvalue weighted by atomic mass is 10.0. The number of phosphoric ester groups is 1. The van der Waals surface area contributed by atoms with Gasteiger partial charge in [-0.1, -0.05) is 266 Å². The van der Waals surface area contributed by atoms with Crippen molar-refractivity contribution in [3.63, 3.8) is 0 Å². The number of esters is 3. The van der Waals surface area contributed by atoms with Crippen molar-refractivity contribution >= 4 is 25.7 Å². The van der Waals surface area contributed by atoms with Gasteiger partial charge in [-0.2, -0.15) is 0 Å². The van der Waals surface area contributed by atoms with Crippen LogP contribution < -0.4 is 0 Å². The lowest BCUT2D eigenvalue weighted by Gasteiger charge is -2.21. The fourth-order valence-electron chi connectivity index (χ4n) is 8.65. The summed E-state index contributed by atoms with van der Waals surface area (Å²) in [5.74, 6) is -1.58. The van der Waals surface area contributed by atoms with Gasteiger partial charge in [0.1, 0.15) is 12.7 Å². The first-order valence-corrected chi connectivity index (χ1v) is 33.6. The average Bonchev–Trinajstić information content (AvgIpc) is 3.45. The van der Waals surface area contributed by atoms with Gasteiger partial charge in [-0.25, -0.2) is 4.57 Å². The Labute approximate surface area is 489 Å². The molecule has 0 heterocycles. The summed E-state index contributed by atoms with van der Waals surface area (Å²) in [6, 6.07) is 0. The SMILES string of the molecule is CC/C=C\C/C=C\C/C=C\C/C=C\C/C=C\C/C=C\CCC(=O)OC(COC(=O)CCCCCCC/C=C\C/C=C\CCCCC)COP(=O)(O)OCC(CO)OC(=O)CCCCCCCCCCCCCCCCCCCCC. The van der Waals surface area contributed by atoms with Gasteiger partial charge in [-0.3, -0.25) is 23.4 Å². The first kappa shape index (κ1) is 76.4. The van der Waals surface area contributed by atoms with Crippen molar-refractivity contribution in [2.24, 2.45) is 0 Å². The van der Waals surface area contributed by atoms with E-state index in [0.29, 0.717) is 25.7 Å². The molecule has 460 valence electrons. The Morgan fingerprint density at radius 3 is 1.10 bits per heavy atom. The van der Waals surface area contributed by atoms with E-state index in [1.54, 1.807) is 0 Å². The molecule has 3 atom stereocenters. The summed E-state index contributed by atoms with van der Waals surface area (Å²) in [6.45, 7) is 4.44. The molecule has 2 N–H and O–H groups in total. The molecule has 11 nitrogen and oxygen atoms in total. The Kier molecular flexibility index (Phi) is 58.7. The van der Waals surface area contributed by atoms with E-state index in [2.05, 4.69) is 106 Å². The molecule has 0 aliphatic rings. The van der Waals surface area contributed by atoms with E-state index in [1.807, 2.05) is 12.2 Å². The number of aliphatic hydroxyl groups is 1. The van der Waals surface area contributed by atoms with Crippen molar-refractivity contribution in [2.75, 3.05) is 26.4 Å². The van der Waals surface area contributed by atoms with Crippen LogP contribution >= 0.6 is 7.82 Å². The molecule has 0 radical (unpaired) electrons. The standard InChI is InChI=1S/C68H117O11P/c1-4-7-10-13-16-19-22-25-28-30-32-34-37-40-43-46-49-52-55-58-67(71)78-64(60-69)62-76-80(73,74)77-63-65(61-75-66(70)57-54-51-48-45-42-39-36-27-24-21-18-15-12-9-6-3)79-68(72)59-56-53-50-47-44-41-38-35-33-31-29-26-23-20-17-14-11-8-5-2/h8,11,17-18,20-21,26-27,29,33,35-36,41,44,50,53,64-65,69H,4-7,9-10,12-16,19,22-25,28,30-32,34,37-40,42-43,45-49,51-52,54-63H2,1-3H3,(H,73,74)/b11-8-,20-17-,21-18-,29-26-,35-33-,36-27-,44-41-,53-50-. The minimum Gasteiger partial charge on any atom is -0.462 e. The van der Waals surface area contributed by atoms with Gasteiger partial charge in [0.2, 0.25) is 0 Å². The molecule has 0 aromatic carbocycles. The number of ether oxygens (including phenoxy) is 3. The minimum atomic E-state index is -4.78. The van der Waals surface area contributed by atoms with Gasteiger partial charge >= 0.3 is 25.7 Å². The highest BCUT2D eigenvalue weighted by Crippen LogP contribution is 2.43. The third kappa shape index (κ3) is 59.0. The highest BCUT2D eigenvalue weighted by Gasteiger charge is 2.28. The van der Waals surface area contributed by atoms with Gasteiger partial charge in [0.25, 0.3) is 0 Å². The summed E-state index contributed by atoms with van der Waals surface area (Å²) in [4.78, 5) is 48.7. The minimum absolute atomic E-state index is 0.0367. The first-order chi connectivity index (χ1) is 39.2. The fraction of sp³-hybridized carbons (Fsp3) is 0.721. The van der Waals surface area contributed by atoms with E-state index in [0.717, 1.165) is 96.3 Å². The number of allylic oxidation sites excluding steroid dienone is 16. The second-order valence-corrected chi connectivity index (χ2v) is 22.7. The lowest BCUT2D eigenvalue weighted by molar-refractivity contribution is -0.161. The maximum absolute atomic E-state index is 12.9. The van der Waals surface area contributed by atoms with Crippen LogP contribution in [0, 0.1) is 0 Å². The number of rotatable bonds is 59. The molecule has 0 rings (SSSR count). The van der Waals surface area contributed by atoms with E-state index in [-0.39, 0.29) is 25.9 Å². The summed E-state index contributed by atoms with van der Waals surface area (Å²) in [5.41, 5.74) is 0. The summed E-state index contributed by atoms with van der Waals surface area (Å²) >= 11 is 0. The predicted octanol–water partition coefficient (Wildman–Crippen LogP) is 19.6. The summed E-state index contributed by atoms with van der Waals surface area (Å²) in [7, 11) is -4.78. The molecule has 0 aromatic rings. The molecular formula is C68H117O11P. The van der Waals surface area contributed by atoms with Crippen LogP contribution in [0.3, 0.4) is 0 Å². The molecule has 0 bridgehead atoms. The largest absolute Gasteiger partial charge is 0.472 e. The quantitative estimate of drug-likeness (QED) is 0.0197. The number of aliphatic hydroxyl groups excluding tert-OH is 1. The van der Waals surface area contributed by atoms with Gasteiger partial charge in [0.15, 0.2) is 6.10 Å². The smallest absolute Gasteiger partial charge is 0.462 e.